The van der Waals surface area contributed by atoms with Crippen molar-refractivity contribution in [2.24, 2.45) is 5.41 Å². The highest BCUT2D eigenvalue weighted by atomic mass is 19.1. The Balaban J connectivity index is 1.81. The largest absolute Gasteiger partial charge is 0.481 e. The first kappa shape index (κ1) is 13.6. The molecule has 3 rings (SSSR count). The summed E-state index contributed by atoms with van der Waals surface area (Å²) < 4.78 is 27.9. The van der Waals surface area contributed by atoms with Gasteiger partial charge in [0.15, 0.2) is 5.82 Å². The number of carboxylic acid groups (broad SMARTS) is 1. The van der Waals surface area contributed by atoms with E-state index in [2.05, 4.69) is 15.5 Å². The topological polar surface area (TPSA) is 80.9 Å². The Morgan fingerprint density at radius 3 is 2.76 bits per heavy atom. The summed E-state index contributed by atoms with van der Waals surface area (Å²) in [4.78, 5) is 11.2. The van der Waals surface area contributed by atoms with Gasteiger partial charge in [-0.25, -0.2) is 13.5 Å². The lowest BCUT2D eigenvalue weighted by atomic mass is 10.1. The minimum absolute atomic E-state index is 0.0782. The van der Waals surface area contributed by atoms with Gasteiger partial charge in [0, 0.05) is 12.5 Å². The molecule has 8 heteroatoms. The normalized spacial score (nSPS) is 15.9. The first-order valence-electron chi connectivity index (χ1n) is 6.42. The monoisotopic (exact) mass is 294 g/mol. The van der Waals surface area contributed by atoms with Gasteiger partial charge in [-0.15, -0.1) is 5.10 Å². The van der Waals surface area contributed by atoms with Crippen molar-refractivity contribution in [3.63, 3.8) is 0 Å². The maximum Gasteiger partial charge on any atom is 0.311 e. The number of hydrogen-bond acceptors (Lipinski definition) is 4. The molecule has 0 atom stereocenters. The Morgan fingerprint density at radius 2 is 2.14 bits per heavy atom. The molecular weight excluding hydrogens is 282 g/mol. The van der Waals surface area contributed by atoms with Crippen LogP contribution in [-0.4, -0.2) is 31.3 Å². The maximum atomic E-state index is 13.6. The Labute approximate surface area is 118 Å². The van der Waals surface area contributed by atoms with Crippen LogP contribution in [0.15, 0.2) is 18.2 Å². The van der Waals surface area contributed by atoms with Crippen LogP contribution in [0.5, 0.6) is 0 Å². The van der Waals surface area contributed by atoms with Gasteiger partial charge in [-0.1, -0.05) is 6.07 Å². The summed E-state index contributed by atoms with van der Waals surface area (Å²) in [5.74, 6) is -1.85. The summed E-state index contributed by atoms with van der Waals surface area (Å²) >= 11 is 0. The van der Waals surface area contributed by atoms with E-state index in [1.165, 1.54) is 10.7 Å². The van der Waals surface area contributed by atoms with Crippen LogP contribution in [0.1, 0.15) is 24.2 Å². The molecule has 0 bridgehead atoms. The van der Waals surface area contributed by atoms with Crippen molar-refractivity contribution in [1.82, 2.24) is 20.2 Å². The quantitative estimate of drug-likeness (QED) is 0.901. The van der Waals surface area contributed by atoms with Crippen LogP contribution in [0.3, 0.4) is 0 Å². The number of halogens is 2. The number of hydrogen-bond donors (Lipinski definition) is 1. The fraction of sp³-hybridized carbons (Fsp3) is 0.385. The zero-order valence-corrected chi connectivity index (χ0v) is 11.0. The van der Waals surface area contributed by atoms with Gasteiger partial charge in [-0.2, -0.15) is 0 Å². The first-order valence-corrected chi connectivity index (χ1v) is 6.42. The first-order chi connectivity index (χ1) is 10.00. The predicted octanol–water partition coefficient (Wildman–Crippen LogP) is 1.41. The molecule has 1 heterocycles. The van der Waals surface area contributed by atoms with E-state index in [1.807, 2.05) is 0 Å². The molecule has 1 aliphatic rings. The zero-order chi connectivity index (χ0) is 15.0. The van der Waals surface area contributed by atoms with E-state index < -0.39 is 23.0 Å². The molecule has 1 saturated carbocycles. The smallest absolute Gasteiger partial charge is 0.311 e. The third-order valence-electron chi connectivity index (χ3n) is 3.73. The van der Waals surface area contributed by atoms with Gasteiger partial charge in [0.1, 0.15) is 11.6 Å². The molecule has 0 spiro atoms. The minimum Gasteiger partial charge on any atom is -0.481 e. The fourth-order valence-corrected chi connectivity index (χ4v) is 2.19. The van der Waals surface area contributed by atoms with Crippen LogP contribution in [-0.2, 0) is 17.8 Å². The molecule has 1 aromatic heterocycles. The summed E-state index contributed by atoms with van der Waals surface area (Å²) in [6.45, 7) is 0.160. The Morgan fingerprint density at radius 1 is 1.38 bits per heavy atom. The number of rotatable bonds is 5. The van der Waals surface area contributed by atoms with Gasteiger partial charge in [0.05, 0.1) is 12.0 Å². The molecule has 0 aliphatic heterocycles. The van der Waals surface area contributed by atoms with Crippen molar-refractivity contribution >= 4 is 5.97 Å². The predicted molar refractivity (Wildman–Crippen MR) is 66.3 cm³/mol. The van der Waals surface area contributed by atoms with Gasteiger partial charge >= 0.3 is 5.97 Å². The molecule has 0 radical (unpaired) electrons. The molecule has 1 aliphatic carbocycles. The van der Waals surface area contributed by atoms with Crippen LogP contribution in [0.25, 0.3) is 0 Å². The number of tetrazole rings is 1. The van der Waals surface area contributed by atoms with Crippen molar-refractivity contribution in [1.29, 1.82) is 0 Å². The standard InChI is InChI=1S/C13H12F2N4O2/c14-9-2-1-8(10(15)6-9)5-11-16-17-18-19(11)7-13(3-4-13)12(20)21/h1-2,6H,3-5,7H2,(H,20,21). The van der Waals surface area contributed by atoms with Crippen molar-refractivity contribution in [2.45, 2.75) is 25.8 Å². The van der Waals surface area contributed by atoms with Crippen LogP contribution >= 0.6 is 0 Å². The van der Waals surface area contributed by atoms with Crippen molar-refractivity contribution in [3.8, 4) is 0 Å². The van der Waals surface area contributed by atoms with Crippen molar-refractivity contribution in [2.75, 3.05) is 0 Å². The average Bonchev–Trinajstić information content (AvgIpc) is 3.08. The van der Waals surface area contributed by atoms with Crippen LogP contribution < -0.4 is 0 Å². The lowest BCUT2D eigenvalue weighted by Crippen LogP contribution is -2.23. The highest BCUT2D eigenvalue weighted by Gasteiger charge is 2.51. The highest BCUT2D eigenvalue weighted by molar-refractivity contribution is 5.77. The molecule has 0 unspecified atom stereocenters. The molecule has 110 valence electrons. The molecule has 1 N–H and O–H groups in total. The van der Waals surface area contributed by atoms with Crippen molar-refractivity contribution in [3.05, 3.63) is 41.2 Å². The molecule has 0 saturated heterocycles. The van der Waals surface area contributed by atoms with Crippen molar-refractivity contribution < 1.29 is 18.7 Å². The highest BCUT2D eigenvalue weighted by Crippen LogP contribution is 2.47. The maximum absolute atomic E-state index is 13.6. The zero-order valence-electron chi connectivity index (χ0n) is 11.0. The number of benzene rings is 1. The fourth-order valence-electron chi connectivity index (χ4n) is 2.19. The molecule has 21 heavy (non-hydrogen) atoms. The third-order valence-corrected chi connectivity index (χ3v) is 3.73. The minimum atomic E-state index is -0.878. The number of aliphatic carboxylic acids is 1. The summed E-state index contributed by atoms with van der Waals surface area (Å²) in [5, 5.41) is 20.2. The van der Waals surface area contributed by atoms with E-state index in [0.29, 0.717) is 18.7 Å². The Kier molecular flexibility index (Phi) is 3.15. The number of nitrogens with zero attached hydrogens (tertiary/aromatic N) is 4. The van der Waals surface area contributed by atoms with Gasteiger partial charge < -0.3 is 5.11 Å². The average molecular weight is 294 g/mol. The Hall–Kier alpha value is -2.38. The van der Waals surface area contributed by atoms with Crippen LogP contribution in [0.4, 0.5) is 8.78 Å². The van der Waals surface area contributed by atoms with E-state index >= 15 is 0 Å². The van der Waals surface area contributed by atoms with Gasteiger partial charge in [0.2, 0.25) is 0 Å². The van der Waals surface area contributed by atoms with E-state index in [4.69, 9.17) is 0 Å². The van der Waals surface area contributed by atoms with E-state index in [0.717, 1.165) is 12.1 Å². The second-order valence-electron chi connectivity index (χ2n) is 5.25. The lowest BCUT2D eigenvalue weighted by Gasteiger charge is -2.10. The molecular formula is C13H12F2N4O2. The molecule has 1 aromatic carbocycles. The Bertz CT molecular complexity index is 697. The second-order valence-corrected chi connectivity index (χ2v) is 5.25. The van der Waals surface area contributed by atoms with Crippen LogP contribution in [0, 0.1) is 17.0 Å². The molecule has 0 amide bonds. The SMILES string of the molecule is O=C(O)C1(Cn2nnnc2Cc2ccc(F)cc2F)CC1. The number of carbonyl (C=O) groups is 1. The summed E-state index contributed by atoms with van der Waals surface area (Å²) in [7, 11) is 0. The molecule has 1 fully saturated rings. The summed E-state index contributed by atoms with van der Waals surface area (Å²) in [5.41, 5.74) is -0.557. The number of aromatic nitrogens is 4. The van der Waals surface area contributed by atoms with E-state index in [9.17, 15) is 18.7 Å². The summed E-state index contributed by atoms with van der Waals surface area (Å²) in [6, 6.07) is 3.28. The lowest BCUT2D eigenvalue weighted by molar-refractivity contribution is -0.144. The van der Waals surface area contributed by atoms with Gasteiger partial charge in [0.25, 0.3) is 0 Å². The van der Waals surface area contributed by atoms with Gasteiger partial charge in [-0.3, -0.25) is 4.79 Å². The molecule has 6 nitrogen and oxygen atoms in total. The molecule has 2 aromatic rings. The second kappa shape index (κ2) is 4.87. The third kappa shape index (κ3) is 2.61. The van der Waals surface area contributed by atoms with E-state index in [1.54, 1.807) is 0 Å². The van der Waals surface area contributed by atoms with Crippen LogP contribution in [0.2, 0.25) is 0 Å². The van der Waals surface area contributed by atoms with Gasteiger partial charge in [-0.05, 0) is 34.9 Å². The number of carboxylic acids is 1. The van der Waals surface area contributed by atoms with E-state index in [-0.39, 0.29) is 18.5 Å². The summed E-state index contributed by atoms with van der Waals surface area (Å²) in [6.07, 6.45) is 1.23.